The molecule has 0 radical (unpaired) electrons. The van der Waals surface area contributed by atoms with Gasteiger partial charge < -0.3 is 10.1 Å². The molecule has 0 spiro atoms. The first-order valence-electron chi connectivity index (χ1n) is 7.98. The Balaban J connectivity index is 2.06. The van der Waals surface area contributed by atoms with Gasteiger partial charge in [-0.3, -0.25) is 4.79 Å². The van der Waals surface area contributed by atoms with Gasteiger partial charge in [-0.15, -0.1) is 0 Å². The molecule has 1 N–H and O–H groups in total. The number of anilines is 1. The maximum Gasteiger partial charge on any atom is 0.262 e. The highest BCUT2D eigenvalue weighted by Gasteiger charge is 2.12. The lowest BCUT2D eigenvalue weighted by Crippen LogP contribution is -2.21. The van der Waals surface area contributed by atoms with Crippen LogP contribution in [0.1, 0.15) is 42.0 Å². The van der Waals surface area contributed by atoms with Crippen LogP contribution in [0.2, 0.25) is 0 Å². The Morgan fingerprint density at radius 1 is 1.04 bits per heavy atom. The van der Waals surface area contributed by atoms with Crippen molar-refractivity contribution in [3.63, 3.8) is 0 Å². The summed E-state index contributed by atoms with van der Waals surface area (Å²) in [4.78, 5) is 12.2. The lowest BCUT2D eigenvalue weighted by atomic mass is 10.0. The summed E-state index contributed by atoms with van der Waals surface area (Å²) in [5.41, 5.74) is 5.28. The Kier molecular flexibility index (Phi) is 5.43. The van der Waals surface area contributed by atoms with Crippen molar-refractivity contribution in [2.45, 2.75) is 40.5 Å². The van der Waals surface area contributed by atoms with Crippen LogP contribution in [0.5, 0.6) is 5.75 Å². The fourth-order valence-corrected chi connectivity index (χ4v) is 2.59. The van der Waals surface area contributed by atoms with Gasteiger partial charge in [-0.05, 0) is 55.0 Å². The van der Waals surface area contributed by atoms with Gasteiger partial charge in [0.25, 0.3) is 5.91 Å². The van der Waals surface area contributed by atoms with Crippen LogP contribution in [0, 0.1) is 20.8 Å². The van der Waals surface area contributed by atoms with Crippen LogP contribution in [0.25, 0.3) is 0 Å². The first kappa shape index (κ1) is 17.1. The SMILES string of the molecule is Cc1ccc(C)c(OCC(=O)Nc2ccccc2C(C)C)c1C. The fraction of sp³-hybridized carbons (Fsp3) is 0.350. The average molecular weight is 311 g/mol. The summed E-state index contributed by atoms with van der Waals surface area (Å²) in [7, 11) is 0. The first-order valence-corrected chi connectivity index (χ1v) is 7.98. The number of hydrogen-bond donors (Lipinski definition) is 1. The van der Waals surface area contributed by atoms with Gasteiger partial charge in [-0.25, -0.2) is 0 Å². The van der Waals surface area contributed by atoms with Gasteiger partial charge in [0.2, 0.25) is 0 Å². The number of amides is 1. The zero-order chi connectivity index (χ0) is 17.0. The fourth-order valence-electron chi connectivity index (χ4n) is 2.59. The van der Waals surface area contributed by atoms with Crippen molar-refractivity contribution in [2.75, 3.05) is 11.9 Å². The van der Waals surface area contributed by atoms with E-state index in [1.54, 1.807) is 0 Å². The Labute approximate surface area is 138 Å². The number of carbonyl (C=O) groups is 1. The second-order valence-electron chi connectivity index (χ2n) is 6.23. The number of para-hydroxylation sites is 1. The number of ether oxygens (including phenoxy) is 1. The van der Waals surface area contributed by atoms with Crippen molar-refractivity contribution in [1.82, 2.24) is 0 Å². The quantitative estimate of drug-likeness (QED) is 0.865. The van der Waals surface area contributed by atoms with Gasteiger partial charge in [-0.1, -0.05) is 44.2 Å². The van der Waals surface area contributed by atoms with E-state index in [0.717, 1.165) is 33.7 Å². The maximum atomic E-state index is 12.2. The van der Waals surface area contributed by atoms with E-state index < -0.39 is 0 Å². The summed E-state index contributed by atoms with van der Waals surface area (Å²) in [5.74, 6) is 1.02. The number of benzene rings is 2. The Bertz CT molecular complexity index is 705. The number of hydrogen-bond acceptors (Lipinski definition) is 2. The maximum absolute atomic E-state index is 12.2. The van der Waals surface area contributed by atoms with Gasteiger partial charge in [0.1, 0.15) is 5.75 Å². The third-order valence-electron chi connectivity index (χ3n) is 4.08. The van der Waals surface area contributed by atoms with Crippen molar-refractivity contribution in [3.8, 4) is 5.75 Å². The molecule has 0 aliphatic rings. The van der Waals surface area contributed by atoms with Crippen molar-refractivity contribution in [1.29, 1.82) is 0 Å². The molecule has 2 rings (SSSR count). The molecule has 3 heteroatoms. The van der Waals surface area contributed by atoms with Crippen molar-refractivity contribution in [3.05, 3.63) is 58.7 Å². The molecule has 122 valence electrons. The zero-order valence-electron chi connectivity index (χ0n) is 14.6. The highest BCUT2D eigenvalue weighted by atomic mass is 16.5. The number of aryl methyl sites for hydroxylation is 2. The zero-order valence-corrected chi connectivity index (χ0v) is 14.6. The standard InChI is InChI=1S/C20H25NO2/c1-13(2)17-8-6-7-9-18(17)21-19(22)12-23-20-15(4)11-10-14(3)16(20)5/h6-11,13H,12H2,1-5H3,(H,21,22). The molecule has 0 atom stereocenters. The van der Waals surface area contributed by atoms with E-state index >= 15 is 0 Å². The van der Waals surface area contributed by atoms with E-state index in [-0.39, 0.29) is 12.5 Å². The van der Waals surface area contributed by atoms with E-state index in [1.165, 1.54) is 0 Å². The van der Waals surface area contributed by atoms with Crippen molar-refractivity contribution >= 4 is 11.6 Å². The smallest absolute Gasteiger partial charge is 0.262 e. The summed E-state index contributed by atoms with van der Waals surface area (Å²) in [6.45, 7) is 10.3. The van der Waals surface area contributed by atoms with Crippen LogP contribution in [0.15, 0.2) is 36.4 Å². The van der Waals surface area contributed by atoms with Crippen LogP contribution < -0.4 is 10.1 Å². The average Bonchev–Trinajstić information content (AvgIpc) is 2.51. The van der Waals surface area contributed by atoms with Gasteiger partial charge >= 0.3 is 0 Å². The summed E-state index contributed by atoms with van der Waals surface area (Å²) in [5, 5.41) is 2.95. The van der Waals surface area contributed by atoms with E-state index in [4.69, 9.17) is 4.74 Å². The number of carbonyl (C=O) groups excluding carboxylic acids is 1. The minimum Gasteiger partial charge on any atom is -0.483 e. The third kappa shape index (κ3) is 4.13. The molecule has 0 aliphatic carbocycles. The molecule has 0 unspecified atom stereocenters. The summed E-state index contributed by atoms with van der Waals surface area (Å²) < 4.78 is 5.77. The molecule has 0 saturated heterocycles. The second kappa shape index (κ2) is 7.32. The molecule has 0 bridgehead atoms. The summed E-state index contributed by atoms with van der Waals surface area (Å²) >= 11 is 0. The number of rotatable bonds is 5. The molecule has 0 saturated carbocycles. The minimum atomic E-state index is -0.140. The summed E-state index contributed by atoms with van der Waals surface area (Å²) in [6, 6.07) is 12.0. The van der Waals surface area contributed by atoms with Gasteiger partial charge in [0.15, 0.2) is 6.61 Å². The first-order chi connectivity index (χ1) is 10.9. The molecule has 0 aromatic heterocycles. The molecule has 23 heavy (non-hydrogen) atoms. The van der Waals surface area contributed by atoms with Crippen molar-refractivity contribution < 1.29 is 9.53 Å². The Morgan fingerprint density at radius 3 is 2.39 bits per heavy atom. The molecule has 3 nitrogen and oxygen atoms in total. The molecule has 2 aromatic rings. The molecule has 0 fully saturated rings. The summed E-state index contributed by atoms with van der Waals surface area (Å²) in [6.07, 6.45) is 0. The lowest BCUT2D eigenvalue weighted by Gasteiger charge is -2.16. The Hall–Kier alpha value is -2.29. The third-order valence-corrected chi connectivity index (χ3v) is 4.08. The highest BCUT2D eigenvalue weighted by molar-refractivity contribution is 5.92. The van der Waals surface area contributed by atoms with E-state index in [9.17, 15) is 4.79 Å². The largest absolute Gasteiger partial charge is 0.483 e. The van der Waals surface area contributed by atoms with Crippen LogP contribution in [-0.4, -0.2) is 12.5 Å². The molecule has 2 aromatic carbocycles. The van der Waals surface area contributed by atoms with Gasteiger partial charge in [-0.2, -0.15) is 0 Å². The van der Waals surface area contributed by atoms with Crippen LogP contribution in [-0.2, 0) is 4.79 Å². The number of nitrogens with one attached hydrogen (secondary N) is 1. The molecule has 0 heterocycles. The molecular weight excluding hydrogens is 286 g/mol. The lowest BCUT2D eigenvalue weighted by molar-refractivity contribution is -0.118. The van der Waals surface area contributed by atoms with Gasteiger partial charge in [0.05, 0.1) is 0 Å². The van der Waals surface area contributed by atoms with E-state index in [0.29, 0.717) is 5.92 Å². The molecule has 0 aliphatic heterocycles. The van der Waals surface area contributed by atoms with Gasteiger partial charge in [0, 0.05) is 5.69 Å². The highest BCUT2D eigenvalue weighted by Crippen LogP contribution is 2.26. The predicted molar refractivity (Wildman–Crippen MR) is 95.3 cm³/mol. The normalized spacial score (nSPS) is 10.7. The van der Waals surface area contributed by atoms with Crippen LogP contribution in [0.3, 0.4) is 0 Å². The van der Waals surface area contributed by atoms with Crippen LogP contribution in [0.4, 0.5) is 5.69 Å². The van der Waals surface area contributed by atoms with Crippen LogP contribution >= 0.6 is 0 Å². The minimum absolute atomic E-state index is 0.0115. The topological polar surface area (TPSA) is 38.3 Å². The predicted octanol–water partition coefficient (Wildman–Crippen LogP) is 4.75. The van der Waals surface area contributed by atoms with E-state index in [2.05, 4.69) is 25.2 Å². The van der Waals surface area contributed by atoms with E-state index in [1.807, 2.05) is 51.1 Å². The van der Waals surface area contributed by atoms with Crippen molar-refractivity contribution in [2.24, 2.45) is 0 Å². The molecule has 1 amide bonds. The Morgan fingerprint density at radius 2 is 1.70 bits per heavy atom. The monoisotopic (exact) mass is 311 g/mol. The second-order valence-corrected chi connectivity index (χ2v) is 6.23. The molecular formula is C20H25NO2.